The molecule has 1 aliphatic carbocycles. The Kier molecular flexibility index (Phi) is 7.81. The second-order valence-electron chi connectivity index (χ2n) is 5.38. The van der Waals surface area contributed by atoms with Crippen molar-refractivity contribution in [1.82, 2.24) is 4.90 Å². The molecule has 0 aliphatic heterocycles. The average Bonchev–Trinajstić information content (AvgIpc) is 3.21. The number of hydrogen-bond donors (Lipinski definition) is 2. The molecule has 3 N–H and O–H groups in total. The Labute approximate surface area is 111 Å². The standard InChI is InChI=1S/C14H29N3O/c1-2-3-4-5-6-7-11-17(13-8-9-13)12-10-14(15)16-18/h13,18H,2-12H2,1H3,(H2,15,16). The lowest BCUT2D eigenvalue weighted by Crippen LogP contribution is -2.31. The first-order valence-corrected chi connectivity index (χ1v) is 7.48. The Bertz CT molecular complexity index is 239. The van der Waals surface area contributed by atoms with Crippen LogP contribution in [0.1, 0.15) is 64.7 Å². The molecule has 4 heteroatoms. The van der Waals surface area contributed by atoms with Crippen LogP contribution in [0.4, 0.5) is 0 Å². The highest BCUT2D eigenvalue weighted by Crippen LogP contribution is 2.27. The second-order valence-corrected chi connectivity index (χ2v) is 5.38. The number of hydrogen-bond acceptors (Lipinski definition) is 3. The van der Waals surface area contributed by atoms with E-state index in [0.29, 0.717) is 12.3 Å². The number of oxime groups is 1. The van der Waals surface area contributed by atoms with Crippen molar-refractivity contribution >= 4 is 5.84 Å². The van der Waals surface area contributed by atoms with Gasteiger partial charge in [-0.1, -0.05) is 44.2 Å². The highest BCUT2D eigenvalue weighted by molar-refractivity contribution is 5.79. The summed E-state index contributed by atoms with van der Waals surface area (Å²) in [7, 11) is 0. The lowest BCUT2D eigenvalue weighted by molar-refractivity contribution is 0.261. The lowest BCUT2D eigenvalue weighted by Gasteiger charge is -2.21. The summed E-state index contributed by atoms with van der Waals surface area (Å²) >= 11 is 0. The van der Waals surface area contributed by atoms with Crippen molar-refractivity contribution in [3.63, 3.8) is 0 Å². The summed E-state index contributed by atoms with van der Waals surface area (Å²) in [6.45, 7) is 4.37. The Balaban J connectivity index is 2.07. The summed E-state index contributed by atoms with van der Waals surface area (Å²) in [5.41, 5.74) is 5.52. The first-order valence-electron chi connectivity index (χ1n) is 7.48. The van der Waals surface area contributed by atoms with Crippen LogP contribution in [-0.2, 0) is 0 Å². The molecule has 0 atom stereocenters. The zero-order chi connectivity index (χ0) is 13.2. The fraction of sp³-hybridized carbons (Fsp3) is 0.929. The van der Waals surface area contributed by atoms with E-state index in [2.05, 4.69) is 17.0 Å². The summed E-state index contributed by atoms with van der Waals surface area (Å²) in [5.74, 6) is 0.351. The minimum atomic E-state index is 0.351. The van der Waals surface area contributed by atoms with Gasteiger partial charge in [0, 0.05) is 19.0 Å². The van der Waals surface area contributed by atoms with Crippen molar-refractivity contribution in [2.45, 2.75) is 70.8 Å². The molecule has 0 aromatic heterocycles. The van der Waals surface area contributed by atoms with Crippen LogP contribution in [-0.4, -0.2) is 35.1 Å². The molecule has 4 nitrogen and oxygen atoms in total. The van der Waals surface area contributed by atoms with Gasteiger partial charge < -0.3 is 10.9 Å². The van der Waals surface area contributed by atoms with E-state index in [9.17, 15) is 0 Å². The quantitative estimate of drug-likeness (QED) is 0.196. The van der Waals surface area contributed by atoms with Crippen molar-refractivity contribution in [2.75, 3.05) is 13.1 Å². The highest BCUT2D eigenvalue weighted by Gasteiger charge is 2.28. The molecule has 1 aliphatic rings. The van der Waals surface area contributed by atoms with Gasteiger partial charge in [-0.25, -0.2) is 0 Å². The minimum absolute atomic E-state index is 0.351. The van der Waals surface area contributed by atoms with E-state index in [1.54, 1.807) is 0 Å². The predicted molar refractivity (Wildman–Crippen MR) is 76.0 cm³/mol. The van der Waals surface area contributed by atoms with Crippen LogP contribution in [0, 0.1) is 0 Å². The Morgan fingerprint density at radius 2 is 1.83 bits per heavy atom. The molecular weight excluding hydrogens is 226 g/mol. The molecule has 18 heavy (non-hydrogen) atoms. The van der Waals surface area contributed by atoms with Gasteiger partial charge in [-0.05, 0) is 25.8 Å². The molecule has 0 amide bonds. The van der Waals surface area contributed by atoms with Crippen LogP contribution in [0.15, 0.2) is 5.16 Å². The summed E-state index contributed by atoms with van der Waals surface area (Å²) in [6.07, 6.45) is 11.4. The molecule has 0 aromatic rings. The molecule has 0 spiro atoms. The van der Waals surface area contributed by atoms with Gasteiger partial charge in [0.15, 0.2) is 0 Å². The predicted octanol–water partition coefficient (Wildman–Crippen LogP) is 2.95. The van der Waals surface area contributed by atoms with Crippen LogP contribution in [0.25, 0.3) is 0 Å². The lowest BCUT2D eigenvalue weighted by atomic mass is 10.1. The van der Waals surface area contributed by atoms with Crippen LogP contribution in [0.5, 0.6) is 0 Å². The molecule has 0 bridgehead atoms. The Morgan fingerprint density at radius 3 is 2.44 bits per heavy atom. The molecule has 1 rings (SSSR count). The average molecular weight is 255 g/mol. The third-order valence-corrected chi connectivity index (χ3v) is 3.65. The second kappa shape index (κ2) is 9.20. The normalized spacial score (nSPS) is 16.4. The van der Waals surface area contributed by atoms with Crippen molar-refractivity contribution in [2.24, 2.45) is 10.9 Å². The van der Waals surface area contributed by atoms with Gasteiger partial charge in [-0.15, -0.1) is 0 Å². The van der Waals surface area contributed by atoms with E-state index in [1.165, 1.54) is 57.9 Å². The molecule has 0 radical (unpaired) electrons. The monoisotopic (exact) mass is 255 g/mol. The van der Waals surface area contributed by atoms with E-state index in [0.717, 1.165) is 12.6 Å². The van der Waals surface area contributed by atoms with Crippen molar-refractivity contribution in [3.05, 3.63) is 0 Å². The van der Waals surface area contributed by atoms with Crippen LogP contribution < -0.4 is 5.73 Å². The minimum Gasteiger partial charge on any atom is -0.409 e. The van der Waals surface area contributed by atoms with Gasteiger partial charge in [-0.3, -0.25) is 4.90 Å². The zero-order valence-corrected chi connectivity index (χ0v) is 11.8. The number of rotatable bonds is 11. The smallest absolute Gasteiger partial charge is 0.140 e. The third-order valence-electron chi connectivity index (χ3n) is 3.65. The molecule has 0 aromatic carbocycles. The maximum absolute atomic E-state index is 8.54. The maximum atomic E-state index is 8.54. The van der Waals surface area contributed by atoms with Gasteiger partial charge >= 0.3 is 0 Å². The molecule has 1 fully saturated rings. The van der Waals surface area contributed by atoms with Crippen molar-refractivity contribution in [1.29, 1.82) is 0 Å². The number of nitrogens with two attached hydrogens (primary N) is 1. The molecule has 0 unspecified atom stereocenters. The van der Waals surface area contributed by atoms with Gasteiger partial charge in [0.2, 0.25) is 0 Å². The van der Waals surface area contributed by atoms with Crippen molar-refractivity contribution in [3.8, 4) is 0 Å². The number of nitrogens with zero attached hydrogens (tertiary/aromatic N) is 2. The van der Waals surface area contributed by atoms with Gasteiger partial charge in [-0.2, -0.15) is 0 Å². The molecular formula is C14H29N3O. The number of amidine groups is 1. The zero-order valence-electron chi connectivity index (χ0n) is 11.8. The molecule has 1 saturated carbocycles. The van der Waals surface area contributed by atoms with Crippen molar-refractivity contribution < 1.29 is 5.21 Å². The van der Waals surface area contributed by atoms with Crippen LogP contribution in [0.2, 0.25) is 0 Å². The molecule has 0 heterocycles. The van der Waals surface area contributed by atoms with E-state index >= 15 is 0 Å². The fourth-order valence-corrected chi connectivity index (χ4v) is 2.32. The molecule has 106 valence electrons. The summed E-state index contributed by atoms with van der Waals surface area (Å²) in [5, 5.41) is 11.6. The summed E-state index contributed by atoms with van der Waals surface area (Å²) in [4.78, 5) is 2.51. The highest BCUT2D eigenvalue weighted by atomic mass is 16.4. The SMILES string of the molecule is CCCCCCCCN(CCC(N)=NO)C1CC1. The molecule has 0 saturated heterocycles. The van der Waals surface area contributed by atoms with Gasteiger partial charge in [0.05, 0.1) is 0 Å². The Hall–Kier alpha value is -0.770. The van der Waals surface area contributed by atoms with Crippen LogP contribution >= 0.6 is 0 Å². The third kappa shape index (κ3) is 6.84. The maximum Gasteiger partial charge on any atom is 0.140 e. The first-order chi connectivity index (χ1) is 8.77. The van der Waals surface area contributed by atoms with Crippen LogP contribution in [0.3, 0.4) is 0 Å². The fourth-order valence-electron chi connectivity index (χ4n) is 2.32. The topological polar surface area (TPSA) is 61.8 Å². The van der Waals surface area contributed by atoms with E-state index < -0.39 is 0 Å². The largest absolute Gasteiger partial charge is 0.409 e. The summed E-state index contributed by atoms with van der Waals surface area (Å²) < 4.78 is 0. The number of unbranched alkanes of at least 4 members (excludes halogenated alkanes) is 5. The Morgan fingerprint density at radius 1 is 1.17 bits per heavy atom. The van der Waals surface area contributed by atoms with E-state index in [1.807, 2.05) is 0 Å². The van der Waals surface area contributed by atoms with E-state index in [4.69, 9.17) is 10.9 Å². The summed E-state index contributed by atoms with van der Waals surface area (Å²) in [6, 6.07) is 0.770. The van der Waals surface area contributed by atoms with Gasteiger partial charge in [0.25, 0.3) is 0 Å². The van der Waals surface area contributed by atoms with Gasteiger partial charge in [0.1, 0.15) is 5.84 Å². The van der Waals surface area contributed by atoms with E-state index in [-0.39, 0.29) is 0 Å². The first kappa shape index (κ1) is 15.3.